The van der Waals surface area contributed by atoms with Gasteiger partial charge in [0.1, 0.15) is 5.76 Å². The first kappa shape index (κ1) is 16.1. The van der Waals surface area contributed by atoms with Crippen molar-refractivity contribution >= 4 is 21.6 Å². The molecular weight excluding hydrogens is 328 g/mol. The van der Waals surface area contributed by atoms with Crippen LogP contribution < -0.4 is 5.32 Å². The fourth-order valence-electron chi connectivity index (χ4n) is 2.35. The van der Waals surface area contributed by atoms with Gasteiger partial charge in [-0.05, 0) is 65.8 Å². The number of rotatable bonds is 7. The second-order valence-corrected chi connectivity index (χ2v) is 5.95. The highest BCUT2D eigenvalue weighted by Crippen LogP contribution is 2.24. The first-order valence-electron chi connectivity index (χ1n) is 7.45. The number of halogens is 1. The van der Waals surface area contributed by atoms with Gasteiger partial charge in [0.05, 0.1) is 6.04 Å². The summed E-state index contributed by atoms with van der Waals surface area (Å²) >= 11 is 3.34. The van der Waals surface area contributed by atoms with Crippen LogP contribution in [0.25, 0.3) is 0 Å². The first-order valence-corrected chi connectivity index (χ1v) is 8.24. The number of hydrogen-bond acceptors (Lipinski definition) is 3. The Balaban J connectivity index is 2.03. The number of benzene rings is 1. The molecule has 0 aliphatic heterocycles. The molecule has 1 N–H and O–H groups in total. The van der Waals surface area contributed by atoms with E-state index in [-0.39, 0.29) is 6.04 Å². The zero-order valence-corrected chi connectivity index (χ0v) is 14.5. The lowest BCUT2D eigenvalue weighted by Gasteiger charge is -2.19. The molecule has 114 valence electrons. The average molecular weight is 351 g/mol. The van der Waals surface area contributed by atoms with Crippen LogP contribution >= 0.6 is 15.9 Å². The number of hydrogen-bond donors (Lipinski definition) is 1. The fourth-order valence-corrected chi connectivity index (χ4v) is 2.67. The minimum atomic E-state index is 0.139. The molecule has 4 heteroatoms. The third kappa shape index (κ3) is 4.61. The summed E-state index contributed by atoms with van der Waals surface area (Å²) in [6.45, 7) is 9.63. The summed E-state index contributed by atoms with van der Waals surface area (Å²) in [6.07, 6.45) is 0. The Labute approximate surface area is 135 Å². The molecule has 21 heavy (non-hydrogen) atoms. The van der Waals surface area contributed by atoms with E-state index in [1.165, 1.54) is 5.56 Å². The third-order valence-corrected chi connectivity index (χ3v) is 4.06. The van der Waals surface area contributed by atoms with Crippen LogP contribution in [0.5, 0.6) is 0 Å². The van der Waals surface area contributed by atoms with Gasteiger partial charge in [-0.25, -0.2) is 0 Å². The molecule has 0 amide bonds. The summed E-state index contributed by atoms with van der Waals surface area (Å²) in [5.41, 5.74) is 2.45. The standard InChI is InChI=1S/C17H23BrN2O/c1-4-20(5-2)12-14-7-6-8-15(11-14)19-13(3)16-9-10-17(18)21-16/h6-11,13,19H,4-5,12H2,1-3H3. The highest BCUT2D eigenvalue weighted by Gasteiger charge is 2.10. The molecule has 1 heterocycles. The maximum Gasteiger partial charge on any atom is 0.169 e. The normalized spacial score (nSPS) is 12.6. The van der Waals surface area contributed by atoms with Crippen LogP contribution in [-0.2, 0) is 6.54 Å². The number of furan rings is 1. The van der Waals surface area contributed by atoms with E-state index in [1.807, 2.05) is 12.1 Å². The topological polar surface area (TPSA) is 28.4 Å². The molecule has 0 radical (unpaired) electrons. The van der Waals surface area contributed by atoms with Gasteiger partial charge in [-0.2, -0.15) is 0 Å². The highest BCUT2D eigenvalue weighted by atomic mass is 79.9. The molecule has 0 aliphatic rings. The van der Waals surface area contributed by atoms with Gasteiger partial charge in [-0.15, -0.1) is 0 Å². The van der Waals surface area contributed by atoms with Crippen molar-refractivity contribution in [3.05, 3.63) is 52.4 Å². The Morgan fingerprint density at radius 1 is 1.19 bits per heavy atom. The first-order chi connectivity index (χ1) is 10.1. The predicted molar refractivity (Wildman–Crippen MR) is 91.5 cm³/mol. The largest absolute Gasteiger partial charge is 0.452 e. The van der Waals surface area contributed by atoms with Crippen molar-refractivity contribution < 1.29 is 4.42 Å². The Bertz CT molecular complexity index is 563. The van der Waals surface area contributed by atoms with Gasteiger partial charge >= 0.3 is 0 Å². The molecule has 1 unspecified atom stereocenters. The Morgan fingerprint density at radius 2 is 1.95 bits per heavy atom. The van der Waals surface area contributed by atoms with E-state index >= 15 is 0 Å². The van der Waals surface area contributed by atoms with E-state index in [4.69, 9.17) is 4.42 Å². The molecule has 1 atom stereocenters. The van der Waals surface area contributed by atoms with Gasteiger partial charge in [0.25, 0.3) is 0 Å². The van der Waals surface area contributed by atoms with Gasteiger partial charge in [-0.3, -0.25) is 4.90 Å². The van der Waals surface area contributed by atoms with Crippen molar-refractivity contribution in [3.63, 3.8) is 0 Å². The molecule has 0 saturated carbocycles. The van der Waals surface area contributed by atoms with Crippen LogP contribution in [-0.4, -0.2) is 18.0 Å². The molecule has 1 aromatic heterocycles. The summed E-state index contributed by atoms with van der Waals surface area (Å²) in [4.78, 5) is 2.41. The Kier molecular flexibility index (Phi) is 5.88. The SMILES string of the molecule is CCN(CC)Cc1cccc(NC(C)c2ccc(Br)o2)c1. The fraction of sp³-hybridized carbons (Fsp3) is 0.412. The van der Waals surface area contributed by atoms with Crippen molar-refractivity contribution in [3.8, 4) is 0 Å². The zero-order chi connectivity index (χ0) is 15.2. The highest BCUT2D eigenvalue weighted by molar-refractivity contribution is 9.10. The average Bonchev–Trinajstić information content (AvgIpc) is 2.92. The van der Waals surface area contributed by atoms with Crippen LogP contribution in [0, 0.1) is 0 Å². The van der Waals surface area contributed by atoms with Gasteiger partial charge in [0.15, 0.2) is 4.67 Å². The van der Waals surface area contributed by atoms with E-state index < -0.39 is 0 Å². The molecule has 0 bridgehead atoms. The maximum absolute atomic E-state index is 5.59. The van der Waals surface area contributed by atoms with Crippen LogP contribution in [0.15, 0.2) is 45.5 Å². The predicted octanol–water partition coefficient (Wildman–Crippen LogP) is 5.06. The van der Waals surface area contributed by atoms with E-state index in [0.29, 0.717) is 0 Å². The molecule has 0 saturated heterocycles. The number of nitrogens with zero attached hydrogens (tertiary/aromatic N) is 1. The lowest BCUT2D eigenvalue weighted by Crippen LogP contribution is -2.22. The van der Waals surface area contributed by atoms with E-state index in [9.17, 15) is 0 Å². The van der Waals surface area contributed by atoms with Gasteiger partial charge in [-0.1, -0.05) is 26.0 Å². The molecule has 2 aromatic rings. The van der Waals surface area contributed by atoms with Gasteiger partial charge in [0, 0.05) is 12.2 Å². The molecule has 0 aliphatic carbocycles. The second kappa shape index (κ2) is 7.66. The maximum atomic E-state index is 5.59. The molecule has 0 spiro atoms. The van der Waals surface area contributed by atoms with Crippen molar-refractivity contribution in [1.82, 2.24) is 4.90 Å². The van der Waals surface area contributed by atoms with Crippen molar-refractivity contribution in [2.24, 2.45) is 0 Å². The van der Waals surface area contributed by atoms with Crippen LogP contribution in [0.4, 0.5) is 5.69 Å². The van der Waals surface area contributed by atoms with E-state index in [2.05, 4.69) is 71.2 Å². The number of nitrogens with one attached hydrogen (secondary N) is 1. The smallest absolute Gasteiger partial charge is 0.169 e. The lowest BCUT2D eigenvalue weighted by atomic mass is 10.1. The van der Waals surface area contributed by atoms with Crippen LogP contribution in [0.1, 0.15) is 38.1 Å². The second-order valence-electron chi connectivity index (χ2n) is 5.17. The summed E-state index contributed by atoms with van der Waals surface area (Å²) in [5, 5.41) is 3.49. The van der Waals surface area contributed by atoms with Gasteiger partial charge < -0.3 is 9.73 Å². The summed E-state index contributed by atoms with van der Waals surface area (Å²) in [7, 11) is 0. The number of anilines is 1. The Morgan fingerprint density at radius 3 is 2.57 bits per heavy atom. The molecule has 0 fully saturated rings. The minimum absolute atomic E-state index is 0.139. The van der Waals surface area contributed by atoms with Crippen LogP contribution in [0.2, 0.25) is 0 Å². The van der Waals surface area contributed by atoms with E-state index in [1.54, 1.807) is 0 Å². The molecule has 3 nitrogen and oxygen atoms in total. The summed E-state index contributed by atoms with van der Waals surface area (Å²) in [5.74, 6) is 0.927. The van der Waals surface area contributed by atoms with Gasteiger partial charge in [0.2, 0.25) is 0 Å². The minimum Gasteiger partial charge on any atom is -0.452 e. The summed E-state index contributed by atoms with van der Waals surface area (Å²) in [6, 6.07) is 12.6. The van der Waals surface area contributed by atoms with Crippen molar-refractivity contribution in [1.29, 1.82) is 0 Å². The molecule has 1 aromatic carbocycles. The van der Waals surface area contributed by atoms with E-state index in [0.717, 1.165) is 35.8 Å². The zero-order valence-electron chi connectivity index (χ0n) is 12.9. The Hall–Kier alpha value is -1.26. The third-order valence-electron chi connectivity index (χ3n) is 3.63. The quantitative estimate of drug-likeness (QED) is 0.756. The molecular formula is C17H23BrN2O. The lowest BCUT2D eigenvalue weighted by molar-refractivity contribution is 0.296. The summed E-state index contributed by atoms with van der Waals surface area (Å²) < 4.78 is 6.36. The monoisotopic (exact) mass is 350 g/mol. The van der Waals surface area contributed by atoms with Crippen LogP contribution in [0.3, 0.4) is 0 Å². The molecule has 2 rings (SSSR count). The van der Waals surface area contributed by atoms with Crippen molar-refractivity contribution in [2.75, 3.05) is 18.4 Å². The van der Waals surface area contributed by atoms with Crippen molar-refractivity contribution in [2.45, 2.75) is 33.4 Å².